The molecule has 1 aromatic rings. The van der Waals surface area contributed by atoms with E-state index in [0.717, 1.165) is 11.8 Å². The van der Waals surface area contributed by atoms with Crippen LogP contribution in [0, 0.1) is 0 Å². The summed E-state index contributed by atoms with van der Waals surface area (Å²) in [7, 11) is 0. The van der Waals surface area contributed by atoms with E-state index in [-0.39, 0.29) is 6.61 Å². The molecule has 0 bridgehead atoms. The smallest absolute Gasteiger partial charge is 0.151 e. The zero-order valence-electron chi connectivity index (χ0n) is 7.61. The Morgan fingerprint density at radius 3 is 2.79 bits per heavy atom. The molecule has 0 atom stereocenters. The summed E-state index contributed by atoms with van der Waals surface area (Å²) in [5, 5.41) is 9.01. The summed E-state index contributed by atoms with van der Waals surface area (Å²) in [5.41, 5.74) is 1.42. The minimum atomic E-state index is 0.136. The summed E-state index contributed by atoms with van der Waals surface area (Å²) in [4.78, 5) is 10.5. The van der Waals surface area contributed by atoms with E-state index in [1.54, 1.807) is 12.1 Å². The van der Waals surface area contributed by atoms with Crippen molar-refractivity contribution in [3.63, 3.8) is 0 Å². The lowest BCUT2D eigenvalue weighted by Gasteiger charge is -1.97. The second-order valence-electron chi connectivity index (χ2n) is 2.81. The van der Waals surface area contributed by atoms with Gasteiger partial charge in [-0.2, -0.15) is 0 Å². The van der Waals surface area contributed by atoms with Crippen molar-refractivity contribution in [1.82, 2.24) is 0 Å². The van der Waals surface area contributed by atoms with Crippen LogP contribution in [0.5, 0.6) is 0 Å². The average Bonchev–Trinajstić information content (AvgIpc) is 2.18. The first-order valence-electron chi connectivity index (χ1n) is 4.30. The Hall–Kier alpha value is -1.12. The predicted molar refractivity (Wildman–Crippen MR) is 57.6 cm³/mol. The first-order valence-corrected chi connectivity index (χ1v) is 4.68. The Morgan fingerprint density at radius 2 is 2.21 bits per heavy atom. The van der Waals surface area contributed by atoms with Gasteiger partial charge in [-0.25, -0.2) is 0 Å². The summed E-state index contributed by atoms with van der Waals surface area (Å²) in [6.45, 7) is 0.136. The third kappa shape index (κ3) is 2.98. The highest BCUT2D eigenvalue weighted by molar-refractivity contribution is 6.33. The van der Waals surface area contributed by atoms with Crippen molar-refractivity contribution in [1.29, 1.82) is 0 Å². The SMILES string of the molecule is O=Cc1ccc(C=CCCO)cc1Cl. The van der Waals surface area contributed by atoms with E-state index in [9.17, 15) is 4.79 Å². The summed E-state index contributed by atoms with van der Waals surface area (Å²) >= 11 is 5.83. The van der Waals surface area contributed by atoms with Gasteiger partial charge < -0.3 is 5.11 Å². The van der Waals surface area contributed by atoms with Gasteiger partial charge in [-0.3, -0.25) is 4.79 Å². The molecule has 0 aromatic heterocycles. The normalized spacial score (nSPS) is 10.7. The summed E-state index contributed by atoms with van der Waals surface area (Å²) in [6.07, 6.45) is 5.06. The lowest BCUT2D eigenvalue weighted by Crippen LogP contribution is -1.82. The van der Waals surface area contributed by atoms with Gasteiger partial charge in [0, 0.05) is 12.2 Å². The third-order valence-corrected chi connectivity index (χ3v) is 2.08. The standard InChI is InChI=1S/C11H11ClO2/c12-11-7-9(3-1-2-6-13)4-5-10(11)8-14/h1,3-5,7-8,13H,2,6H2. The summed E-state index contributed by atoms with van der Waals surface area (Å²) < 4.78 is 0. The molecule has 0 saturated heterocycles. The Labute approximate surface area is 87.8 Å². The van der Waals surface area contributed by atoms with Crippen LogP contribution in [0.15, 0.2) is 24.3 Å². The lowest BCUT2D eigenvalue weighted by atomic mass is 10.1. The number of carbonyl (C=O) groups excluding carboxylic acids is 1. The third-order valence-electron chi connectivity index (χ3n) is 1.76. The Morgan fingerprint density at radius 1 is 1.43 bits per heavy atom. The average molecular weight is 211 g/mol. The molecular formula is C11H11ClO2. The molecule has 14 heavy (non-hydrogen) atoms. The molecule has 0 radical (unpaired) electrons. The molecule has 0 amide bonds. The first kappa shape index (κ1) is 11.0. The monoisotopic (exact) mass is 210 g/mol. The topological polar surface area (TPSA) is 37.3 Å². The molecule has 1 rings (SSSR count). The largest absolute Gasteiger partial charge is 0.396 e. The maximum atomic E-state index is 10.5. The van der Waals surface area contributed by atoms with Gasteiger partial charge in [0.05, 0.1) is 5.02 Å². The van der Waals surface area contributed by atoms with Gasteiger partial charge in [-0.05, 0) is 24.1 Å². The number of hydrogen-bond acceptors (Lipinski definition) is 2. The van der Waals surface area contributed by atoms with Crippen molar-refractivity contribution >= 4 is 24.0 Å². The van der Waals surface area contributed by atoms with Crippen molar-refractivity contribution in [2.45, 2.75) is 6.42 Å². The molecule has 0 heterocycles. The minimum absolute atomic E-state index is 0.136. The maximum Gasteiger partial charge on any atom is 0.151 e. The van der Waals surface area contributed by atoms with Crippen LogP contribution in [0.2, 0.25) is 5.02 Å². The zero-order chi connectivity index (χ0) is 10.4. The van der Waals surface area contributed by atoms with Gasteiger partial charge in [0.15, 0.2) is 6.29 Å². The van der Waals surface area contributed by atoms with Crippen LogP contribution in [0.3, 0.4) is 0 Å². The number of benzene rings is 1. The number of carbonyl (C=O) groups is 1. The Kier molecular flexibility index (Phi) is 4.36. The van der Waals surface area contributed by atoms with Gasteiger partial charge >= 0.3 is 0 Å². The van der Waals surface area contributed by atoms with E-state index in [1.165, 1.54) is 0 Å². The number of rotatable bonds is 4. The second-order valence-corrected chi connectivity index (χ2v) is 3.22. The van der Waals surface area contributed by atoms with Crippen LogP contribution in [-0.2, 0) is 0 Å². The minimum Gasteiger partial charge on any atom is -0.396 e. The molecule has 0 aliphatic carbocycles. The van der Waals surface area contributed by atoms with Crippen molar-refractivity contribution in [2.24, 2.45) is 0 Å². The molecule has 0 unspecified atom stereocenters. The fourth-order valence-corrected chi connectivity index (χ4v) is 1.27. The molecule has 0 aliphatic heterocycles. The fourth-order valence-electron chi connectivity index (χ4n) is 1.04. The highest BCUT2D eigenvalue weighted by Gasteiger charge is 1.97. The fraction of sp³-hybridized carbons (Fsp3) is 0.182. The molecule has 1 aromatic carbocycles. The number of halogens is 1. The van der Waals surface area contributed by atoms with Gasteiger partial charge in [-0.15, -0.1) is 0 Å². The molecule has 2 nitrogen and oxygen atoms in total. The van der Waals surface area contributed by atoms with Gasteiger partial charge in [-0.1, -0.05) is 29.8 Å². The van der Waals surface area contributed by atoms with Gasteiger partial charge in [0.2, 0.25) is 0 Å². The van der Waals surface area contributed by atoms with E-state index in [0.29, 0.717) is 17.0 Å². The van der Waals surface area contributed by atoms with Crippen molar-refractivity contribution in [2.75, 3.05) is 6.61 Å². The molecule has 0 aliphatic rings. The molecular weight excluding hydrogens is 200 g/mol. The van der Waals surface area contributed by atoms with Crippen LogP contribution in [0.1, 0.15) is 22.3 Å². The maximum absolute atomic E-state index is 10.5. The van der Waals surface area contributed by atoms with E-state index in [4.69, 9.17) is 16.7 Å². The lowest BCUT2D eigenvalue weighted by molar-refractivity contribution is 0.112. The molecule has 0 saturated carbocycles. The van der Waals surface area contributed by atoms with Crippen LogP contribution in [-0.4, -0.2) is 18.0 Å². The Balaban J connectivity index is 2.81. The van der Waals surface area contributed by atoms with Crippen LogP contribution in [0.4, 0.5) is 0 Å². The summed E-state index contributed by atoms with van der Waals surface area (Å²) in [5.74, 6) is 0. The van der Waals surface area contributed by atoms with E-state index in [2.05, 4.69) is 0 Å². The molecule has 0 fully saturated rings. The molecule has 74 valence electrons. The Bertz CT molecular complexity index is 345. The van der Waals surface area contributed by atoms with Crippen molar-refractivity contribution in [3.8, 4) is 0 Å². The number of aldehydes is 1. The van der Waals surface area contributed by atoms with E-state index >= 15 is 0 Å². The van der Waals surface area contributed by atoms with Gasteiger partial charge in [0.25, 0.3) is 0 Å². The highest BCUT2D eigenvalue weighted by atomic mass is 35.5. The quantitative estimate of drug-likeness (QED) is 0.776. The first-order chi connectivity index (χ1) is 6.77. The second kappa shape index (κ2) is 5.58. The van der Waals surface area contributed by atoms with E-state index in [1.807, 2.05) is 18.2 Å². The number of hydrogen-bond donors (Lipinski definition) is 1. The number of aliphatic hydroxyl groups is 1. The highest BCUT2D eigenvalue weighted by Crippen LogP contribution is 2.17. The van der Waals surface area contributed by atoms with Crippen LogP contribution < -0.4 is 0 Å². The molecule has 1 N–H and O–H groups in total. The van der Waals surface area contributed by atoms with Gasteiger partial charge in [0.1, 0.15) is 0 Å². The van der Waals surface area contributed by atoms with Crippen LogP contribution >= 0.6 is 11.6 Å². The number of aliphatic hydroxyl groups excluding tert-OH is 1. The predicted octanol–water partition coefficient (Wildman–Crippen LogP) is 2.55. The van der Waals surface area contributed by atoms with Crippen LogP contribution in [0.25, 0.3) is 6.08 Å². The van der Waals surface area contributed by atoms with E-state index < -0.39 is 0 Å². The zero-order valence-corrected chi connectivity index (χ0v) is 8.37. The van der Waals surface area contributed by atoms with Crippen molar-refractivity contribution in [3.05, 3.63) is 40.4 Å². The van der Waals surface area contributed by atoms with Crippen molar-refractivity contribution < 1.29 is 9.90 Å². The molecule has 0 spiro atoms. The molecule has 3 heteroatoms. The summed E-state index contributed by atoms with van der Waals surface area (Å²) in [6, 6.07) is 5.20.